The quantitative estimate of drug-likeness (QED) is 0.777. The minimum atomic E-state index is -0.881. The van der Waals surface area contributed by atoms with Crippen LogP contribution in [0.25, 0.3) is 0 Å². The van der Waals surface area contributed by atoms with E-state index in [4.69, 9.17) is 9.47 Å². The molecule has 2 N–H and O–H groups in total. The molecule has 0 atom stereocenters. The molecule has 8 heteroatoms. The molecule has 1 heterocycles. The van der Waals surface area contributed by atoms with Crippen LogP contribution in [-0.2, 0) is 9.59 Å². The zero-order chi connectivity index (χ0) is 18.7. The Morgan fingerprint density at radius 3 is 2.46 bits per heavy atom. The van der Waals surface area contributed by atoms with E-state index in [0.717, 1.165) is 17.9 Å². The first-order valence-electron chi connectivity index (χ1n) is 8.66. The Bertz CT molecular complexity index is 695. The predicted octanol–water partition coefficient (Wildman–Crippen LogP) is 1.61. The highest BCUT2D eigenvalue weighted by molar-refractivity contribution is 6.08. The lowest BCUT2D eigenvalue weighted by atomic mass is 9.77. The number of carbonyl (C=O) groups is 3. The normalized spacial score (nSPS) is 25.2. The molecule has 140 valence electrons. The van der Waals surface area contributed by atoms with Crippen LogP contribution in [0.3, 0.4) is 0 Å². The van der Waals surface area contributed by atoms with Crippen LogP contribution < -0.4 is 20.2 Å². The maximum atomic E-state index is 12.7. The van der Waals surface area contributed by atoms with Crippen molar-refractivity contribution >= 4 is 17.8 Å². The number of rotatable bonds is 5. The van der Waals surface area contributed by atoms with Crippen molar-refractivity contribution in [1.29, 1.82) is 0 Å². The van der Waals surface area contributed by atoms with Crippen molar-refractivity contribution in [3.05, 3.63) is 24.3 Å². The average Bonchev–Trinajstić information content (AvgIpc) is 2.87. The van der Waals surface area contributed by atoms with Gasteiger partial charge in [0.15, 0.2) is 6.61 Å². The summed E-state index contributed by atoms with van der Waals surface area (Å²) in [6.45, 7) is 1.82. The number of hydrogen-bond donors (Lipinski definition) is 2. The van der Waals surface area contributed by atoms with Crippen LogP contribution in [0.1, 0.15) is 32.6 Å². The third-order valence-corrected chi connectivity index (χ3v) is 4.96. The Morgan fingerprint density at radius 1 is 1.23 bits per heavy atom. The summed E-state index contributed by atoms with van der Waals surface area (Å²) >= 11 is 0. The third kappa shape index (κ3) is 3.58. The molecule has 1 spiro atoms. The molecule has 4 amide bonds. The molecule has 1 aromatic rings. The molecule has 0 radical (unpaired) electrons. The second-order valence-corrected chi connectivity index (χ2v) is 6.83. The van der Waals surface area contributed by atoms with Gasteiger partial charge in [0.1, 0.15) is 17.0 Å². The number of hydrogen-bond acceptors (Lipinski definition) is 5. The summed E-state index contributed by atoms with van der Waals surface area (Å²) in [5.41, 5.74) is 1.46. The summed E-state index contributed by atoms with van der Waals surface area (Å²) in [4.78, 5) is 36.9. The molecule has 0 unspecified atom stereocenters. The monoisotopic (exact) mass is 361 g/mol. The van der Waals surface area contributed by atoms with Crippen LogP contribution in [0, 0.1) is 5.92 Å². The molecule has 0 bridgehead atoms. The largest absolute Gasteiger partial charge is 0.497 e. The van der Waals surface area contributed by atoms with Crippen molar-refractivity contribution in [3.8, 4) is 11.5 Å². The summed E-state index contributed by atoms with van der Waals surface area (Å²) in [6, 6.07) is 6.15. The van der Waals surface area contributed by atoms with Crippen LogP contribution in [0.15, 0.2) is 24.3 Å². The number of imide groups is 1. The van der Waals surface area contributed by atoms with Gasteiger partial charge in [0.25, 0.3) is 11.8 Å². The molecule has 0 aromatic heterocycles. The van der Waals surface area contributed by atoms with Crippen molar-refractivity contribution in [1.82, 2.24) is 15.8 Å². The maximum absolute atomic E-state index is 12.7. The lowest BCUT2D eigenvalue weighted by Crippen LogP contribution is -2.52. The number of methoxy groups -OCH3 is 1. The Hall–Kier alpha value is -2.77. The smallest absolute Gasteiger partial charge is 0.344 e. The molecule has 26 heavy (non-hydrogen) atoms. The molecular formula is C18H23N3O5. The van der Waals surface area contributed by atoms with Crippen molar-refractivity contribution in [2.75, 3.05) is 13.7 Å². The minimum Gasteiger partial charge on any atom is -0.497 e. The van der Waals surface area contributed by atoms with E-state index in [2.05, 4.69) is 17.7 Å². The number of nitrogens with one attached hydrogen (secondary N) is 2. The maximum Gasteiger partial charge on any atom is 0.344 e. The number of ether oxygens (including phenoxy) is 2. The van der Waals surface area contributed by atoms with Crippen molar-refractivity contribution < 1.29 is 23.9 Å². The number of amides is 4. The second-order valence-electron chi connectivity index (χ2n) is 6.83. The highest BCUT2D eigenvalue weighted by atomic mass is 16.5. The van der Waals surface area contributed by atoms with Gasteiger partial charge in [-0.1, -0.05) is 6.92 Å². The summed E-state index contributed by atoms with van der Waals surface area (Å²) < 4.78 is 10.4. The molecule has 2 fully saturated rings. The second kappa shape index (κ2) is 7.23. The van der Waals surface area contributed by atoms with Crippen molar-refractivity contribution in [3.63, 3.8) is 0 Å². The topological polar surface area (TPSA) is 97.0 Å². The molecule has 1 saturated heterocycles. The summed E-state index contributed by atoms with van der Waals surface area (Å²) in [5.74, 6) is 0.716. The van der Waals surface area contributed by atoms with E-state index in [1.54, 1.807) is 31.4 Å². The SMILES string of the molecule is COc1ccc(OCC(=O)NN2C(=O)NC3(CCC(C)CC3)C2=O)cc1. The van der Waals surface area contributed by atoms with Gasteiger partial charge in [-0.05, 0) is 55.9 Å². The fourth-order valence-corrected chi connectivity index (χ4v) is 3.29. The average molecular weight is 361 g/mol. The number of benzene rings is 1. The van der Waals surface area contributed by atoms with Crippen LogP contribution >= 0.6 is 0 Å². The Morgan fingerprint density at radius 2 is 1.85 bits per heavy atom. The van der Waals surface area contributed by atoms with Gasteiger partial charge in [0.2, 0.25) is 0 Å². The summed E-state index contributed by atoms with van der Waals surface area (Å²) in [7, 11) is 1.56. The first kappa shape index (κ1) is 18.0. The summed E-state index contributed by atoms with van der Waals surface area (Å²) in [5, 5.41) is 3.52. The number of nitrogens with zero attached hydrogens (tertiary/aromatic N) is 1. The van der Waals surface area contributed by atoms with Crippen LogP contribution in [0.2, 0.25) is 0 Å². The van der Waals surface area contributed by atoms with Gasteiger partial charge in [0, 0.05) is 0 Å². The van der Waals surface area contributed by atoms with Gasteiger partial charge in [-0.15, -0.1) is 0 Å². The Balaban J connectivity index is 1.55. The van der Waals surface area contributed by atoms with E-state index in [-0.39, 0.29) is 6.61 Å². The number of hydrazine groups is 1. The third-order valence-electron chi connectivity index (χ3n) is 4.96. The molecule has 8 nitrogen and oxygen atoms in total. The van der Waals surface area contributed by atoms with Crippen LogP contribution in [0.5, 0.6) is 11.5 Å². The predicted molar refractivity (Wildman–Crippen MR) is 92.4 cm³/mol. The zero-order valence-electron chi connectivity index (χ0n) is 14.9. The first-order chi connectivity index (χ1) is 12.4. The van der Waals surface area contributed by atoms with E-state index in [0.29, 0.717) is 30.3 Å². The van der Waals surface area contributed by atoms with Crippen molar-refractivity contribution in [2.24, 2.45) is 5.92 Å². The Kier molecular flexibility index (Phi) is 5.01. The standard InChI is InChI=1S/C18H23N3O5/c1-12-7-9-18(10-8-12)16(23)21(17(24)19-18)20-15(22)11-26-14-5-3-13(25-2)4-6-14/h3-6,12H,7-11H2,1-2H3,(H,19,24)(H,20,22). The fraction of sp³-hybridized carbons (Fsp3) is 0.500. The van der Waals surface area contributed by atoms with Gasteiger partial charge in [-0.3, -0.25) is 15.0 Å². The van der Waals surface area contributed by atoms with E-state index >= 15 is 0 Å². The van der Waals surface area contributed by atoms with E-state index in [1.165, 1.54) is 0 Å². The van der Waals surface area contributed by atoms with Gasteiger partial charge < -0.3 is 14.8 Å². The molecule has 1 aliphatic heterocycles. The number of carbonyl (C=O) groups excluding carboxylic acids is 3. The summed E-state index contributed by atoms with van der Waals surface area (Å²) in [6.07, 6.45) is 2.92. The lowest BCUT2D eigenvalue weighted by Gasteiger charge is -2.33. The van der Waals surface area contributed by atoms with Crippen molar-refractivity contribution in [2.45, 2.75) is 38.1 Å². The highest BCUT2D eigenvalue weighted by Gasteiger charge is 2.52. The lowest BCUT2D eigenvalue weighted by molar-refractivity contribution is -0.140. The first-order valence-corrected chi connectivity index (χ1v) is 8.66. The molecule has 1 aromatic carbocycles. The van der Waals surface area contributed by atoms with Crippen LogP contribution in [-0.4, -0.2) is 42.1 Å². The molecular weight excluding hydrogens is 338 g/mol. The van der Waals surface area contributed by atoms with Crippen LogP contribution in [0.4, 0.5) is 4.79 Å². The molecule has 3 rings (SSSR count). The Labute approximate surface area is 151 Å². The van der Waals surface area contributed by atoms with E-state index in [9.17, 15) is 14.4 Å². The fourth-order valence-electron chi connectivity index (χ4n) is 3.29. The minimum absolute atomic E-state index is 0.312. The van der Waals surface area contributed by atoms with E-state index in [1.807, 2.05) is 0 Å². The molecule has 2 aliphatic rings. The van der Waals surface area contributed by atoms with Gasteiger partial charge in [-0.25, -0.2) is 4.79 Å². The number of urea groups is 1. The molecule has 1 saturated carbocycles. The van der Waals surface area contributed by atoms with E-state index < -0.39 is 23.4 Å². The van der Waals surface area contributed by atoms with Gasteiger partial charge >= 0.3 is 6.03 Å². The van der Waals surface area contributed by atoms with Gasteiger partial charge in [0.05, 0.1) is 7.11 Å². The zero-order valence-corrected chi connectivity index (χ0v) is 14.9. The molecule has 1 aliphatic carbocycles. The highest BCUT2D eigenvalue weighted by Crippen LogP contribution is 2.35. The van der Waals surface area contributed by atoms with Gasteiger partial charge in [-0.2, -0.15) is 5.01 Å².